The van der Waals surface area contributed by atoms with Gasteiger partial charge in [0.25, 0.3) is 21.5 Å². The van der Waals surface area contributed by atoms with E-state index < -0.39 is 15.6 Å². The lowest BCUT2D eigenvalue weighted by Crippen LogP contribution is -2.28. The second-order valence-electron chi connectivity index (χ2n) is 6.93. The number of fused-ring (bicyclic) bond motifs is 1. The molecule has 0 radical (unpaired) electrons. The number of hydrogen-bond donors (Lipinski definition) is 5. The molecule has 0 bridgehead atoms. The Kier molecular flexibility index (Phi) is 6.18. The molecular formula is C19H21N9O5S. The highest BCUT2D eigenvalue weighted by molar-refractivity contribution is 7.92. The molecule has 3 heterocycles. The standard InChI is InChI=1S/C19H21N9O5S/c1-32-14-16(23-9-24-18(14)33-2)28-34(30,31)12-5-3-10(4-6-12)21-7-11-8-22-15-13(25-11)17(29)27-19(20)26-15/h3-6,9,21H,7-8H2,1-2H3,(H,23,24,28)(H4,20,22,26,27,29). The highest BCUT2D eigenvalue weighted by Crippen LogP contribution is 2.32. The number of nitrogens with two attached hydrogens (primary N) is 1. The molecule has 0 saturated heterocycles. The summed E-state index contributed by atoms with van der Waals surface area (Å²) in [6.45, 7) is 0.690. The number of aromatic nitrogens is 4. The van der Waals surface area contributed by atoms with Crippen molar-refractivity contribution in [1.82, 2.24) is 19.9 Å². The van der Waals surface area contributed by atoms with Crippen LogP contribution in [-0.2, 0) is 10.0 Å². The summed E-state index contributed by atoms with van der Waals surface area (Å²) in [5.41, 5.74) is 6.56. The fourth-order valence-corrected chi connectivity index (χ4v) is 4.11. The lowest BCUT2D eigenvalue weighted by atomic mass is 10.2. The highest BCUT2D eigenvalue weighted by atomic mass is 32.2. The van der Waals surface area contributed by atoms with Gasteiger partial charge in [-0.15, -0.1) is 0 Å². The van der Waals surface area contributed by atoms with E-state index in [1.807, 2.05) is 0 Å². The van der Waals surface area contributed by atoms with Crippen molar-refractivity contribution in [3.63, 3.8) is 0 Å². The van der Waals surface area contributed by atoms with Gasteiger partial charge in [0, 0.05) is 5.69 Å². The van der Waals surface area contributed by atoms with E-state index in [0.717, 1.165) is 6.33 Å². The summed E-state index contributed by atoms with van der Waals surface area (Å²) in [7, 11) is -1.22. The van der Waals surface area contributed by atoms with Crippen molar-refractivity contribution in [2.24, 2.45) is 4.99 Å². The summed E-state index contributed by atoms with van der Waals surface area (Å²) in [5, 5.41) is 6.14. The Bertz CT molecular complexity index is 1400. The number of H-pyrrole nitrogens is 1. The number of benzene rings is 1. The van der Waals surface area contributed by atoms with Crippen LogP contribution in [0.3, 0.4) is 0 Å². The number of aliphatic imine (C=N–C) groups is 1. The molecule has 4 rings (SSSR count). The lowest BCUT2D eigenvalue weighted by molar-refractivity contribution is 0.342. The lowest BCUT2D eigenvalue weighted by Gasteiger charge is -2.17. The van der Waals surface area contributed by atoms with Crippen molar-refractivity contribution >= 4 is 44.7 Å². The van der Waals surface area contributed by atoms with Gasteiger partial charge in [0.2, 0.25) is 11.7 Å². The maximum atomic E-state index is 12.8. The van der Waals surface area contributed by atoms with Gasteiger partial charge in [-0.2, -0.15) is 9.97 Å². The highest BCUT2D eigenvalue weighted by Gasteiger charge is 2.21. The van der Waals surface area contributed by atoms with Crippen LogP contribution in [0.4, 0.5) is 29.0 Å². The molecule has 0 unspecified atom stereocenters. The number of ether oxygens (including phenoxy) is 2. The summed E-state index contributed by atoms with van der Waals surface area (Å²) in [6.07, 6.45) is 1.16. The molecule has 1 aliphatic heterocycles. The smallest absolute Gasteiger partial charge is 0.280 e. The van der Waals surface area contributed by atoms with Crippen LogP contribution in [0.5, 0.6) is 11.6 Å². The summed E-state index contributed by atoms with van der Waals surface area (Å²) in [4.78, 5) is 30.6. The van der Waals surface area contributed by atoms with Crippen molar-refractivity contribution in [3.8, 4) is 11.6 Å². The first-order valence-electron chi connectivity index (χ1n) is 9.80. The van der Waals surface area contributed by atoms with Gasteiger partial charge in [0.15, 0.2) is 17.3 Å². The van der Waals surface area contributed by atoms with Crippen LogP contribution in [0.15, 0.2) is 45.3 Å². The molecule has 0 amide bonds. The molecule has 15 heteroatoms. The molecule has 14 nitrogen and oxygen atoms in total. The van der Waals surface area contributed by atoms with Crippen molar-refractivity contribution in [3.05, 3.63) is 40.9 Å². The van der Waals surface area contributed by atoms with Gasteiger partial charge >= 0.3 is 0 Å². The summed E-state index contributed by atoms with van der Waals surface area (Å²) in [6, 6.07) is 6.07. The van der Waals surface area contributed by atoms with E-state index in [1.165, 1.54) is 26.4 Å². The monoisotopic (exact) mass is 487 g/mol. The average molecular weight is 488 g/mol. The zero-order valence-electron chi connectivity index (χ0n) is 18.1. The molecule has 34 heavy (non-hydrogen) atoms. The first-order valence-corrected chi connectivity index (χ1v) is 11.3. The molecule has 2 aromatic heterocycles. The van der Waals surface area contributed by atoms with E-state index in [2.05, 4.69) is 40.3 Å². The van der Waals surface area contributed by atoms with E-state index in [9.17, 15) is 13.2 Å². The zero-order valence-corrected chi connectivity index (χ0v) is 18.9. The van der Waals surface area contributed by atoms with Gasteiger partial charge in [-0.1, -0.05) is 0 Å². The number of nitrogens with one attached hydrogen (secondary N) is 4. The molecule has 1 aromatic carbocycles. The number of aromatic amines is 1. The van der Waals surface area contributed by atoms with Crippen LogP contribution >= 0.6 is 0 Å². The van der Waals surface area contributed by atoms with Gasteiger partial charge in [0.1, 0.15) is 6.33 Å². The van der Waals surface area contributed by atoms with E-state index >= 15 is 0 Å². The fraction of sp³-hybridized carbons (Fsp3) is 0.211. The van der Waals surface area contributed by atoms with Gasteiger partial charge in [-0.05, 0) is 24.3 Å². The van der Waals surface area contributed by atoms with Crippen LogP contribution in [-0.4, -0.2) is 61.4 Å². The molecule has 178 valence electrons. The van der Waals surface area contributed by atoms with Crippen LogP contribution in [0.2, 0.25) is 0 Å². The molecule has 6 N–H and O–H groups in total. The fourth-order valence-electron chi connectivity index (χ4n) is 3.10. The molecule has 0 aliphatic carbocycles. The molecule has 0 saturated carbocycles. The zero-order chi connectivity index (χ0) is 24.3. The van der Waals surface area contributed by atoms with Gasteiger partial charge < -0.3 is 25.8 Å². The molecule has 0 spiro atoms. The summed E-state index contributed by atoms with van der Waals surface area (Å²) >= 11 is 0. The number of sulfonamides is 1. The Morgan fingerprint density at radius 2 is 1.91 bits per heavy atom. The normalized spacial score (nSPS) is 12.7. The summed E-state index contributed by atoms with van der Waals surface area (Å²) < 4.78 is 38.2. The Labute approximate surface area is 193 Å². The third kappa shape index (κ3) is 4.68. The van der Waals surface area contributed by atoms with E-state index in [1.54, 1.807) is 12.1 Å². The Balaban J connectivity index is 1.45. The topological polar surface area (TPSA) is 199 Å². The number of rotatable bonds is 8. The minimum atomic E-state index is -3.96. The van der Waals surface area contributed by atoms with E-state index in [4.69, 9.17) is 15.2 Å². The Morgan fingerprint density at radius 1 is 1.15 bits per heavy atom. The van der Waals surface area contributed by atoms with Crippen LogP contribution in [0, 0.1) is 0 Å². The predicted molar refractivity (Wildman–Crippen MR) is 126 cm³/mol. The number of hydrogen-bond acceptors (Lipinski definition) is 12. The number of methoxy groups -OCH3 is 2. The molecule has 0 atom stereocenters. The van der Waals surface area contributed by atoms with E-state index in [-0.39, 0.29) is 34.0 Å². The SMILES string of the molecule is COc1ncnc(NS(=O)(=O)c2ccc(NCC3=Nc4c(nc(N)[nH]c4=O)NC3)cc2)c1OC. The summed E-state index contributed by atoms with van der Waals surface area (Å²) in [5.74, 6) is 0.441. The largest absolute Gasteiger partial charge is 0.489 e. The van der Waals surface area contributed by atoms with Crippen molar-refractivity contribution in [2.75, 3.05) is 48.4 Å². The van der Waals surface area contributed by atoms with Crippen molar-refractivity contribution < 1.29 is 17.9 Å². The minimum Gasteiger partial charge on any atom is -0.489 e. The second kappa shape index (κ2) is 9.22. The molecule has 0 fully saturated rings. The van der Waals surface area contributed by atoms with Crippen molar-refractivity contribution in [1.29, 1.82) is 0 Å². The molecule has 1 aliphatic rings. The number of anilines is 4. The van der Waals surface area contributed by atoms with Gasteiger partial charge in [0.05, 0.1) is 37.9 Å². The second-order valence-corrected chi connectivity index (χ2v) is 8.61. The molecular weight excluding hydrogens is 466 g/mol. The Morgan fingerprint density at radius 3 is 2.62 bits per heavy atom. The van der Waals surface area contributed by atoms with Gasteiger partial charge in [-0.3, -0.25) is 14.5 Å². The number of nitrogens with zero attached hydrogens (tertiary/aromatic N) is 4. The maximum absolute atomic E-state index is 12.8. The maximum Gasteiger partial charge on any atom is 0.280 e. The predicted octanol–water partition coefficient (Wildman–Crippen LogP) is 0.570. The Hall–Kier alpha value is -4.40. The third-order valence-corrected chi connectivity index (χ3v) is 6.06. The van der Waals surface area contributed by atoms with E-state index in [0.29, 0.717) is 30.3 Å². The first kappa shape index (κ1) is 22.8. The number of nitrogen functional groups attached to an aromatic ring is 1. The van der Waals surface area contributed by atoms with Crippen LogP contribution < -0.4 is 36.1 Å². The molecule has 3 aromatic rings. The van der Waals surface area contributed by atoms with Crippen molar-refractivity contribution in [2.45, 2.75) is 4.90 Å². The van der Waals surface area contributed by atoms with Gasteiger partial charge in [-0.25, -0.2) is 18.4 Å². The minimum absolute atomic E-state index is 0.00912. The average Bonchev–Trinajstić information content (AvgIpc) is 2.82. The first-order chi connectivity index (χ1) is 16.3. The van der Waals surface area contributed by atoms with Crippen LogP contribution in [0.1, 0.15) is 0 Å². The third-order valence-electron chi connectivity index (χ3n) is 4.70. The quantitative estimate of drug-likeness (QED) is 0.297. The van der Waals surface area contributed by atoms with Crippen LogP contribution in [0.25, 0.3) is 0 Å².